The maximum Gasteiger partial charge on any atom is 0.270 e. The highest BCUT2D eigenvalue weighted by atomic mass is 19.1. The van der Waals surface area contributed by atoms with Gasteiger partial charge in [-0.2, -0.15) is 0 Å². The Morgan fingerprint density at radius 1 is 1.41 bits per heavy atom. The van der Waals surface area contributed by atoms with Crippen LogP contribution in [0.5, 0.6) is 0 Å². The van der Waals surface area contributed by atoms with Gasteiger partial charge < -0.3 is 14.3 Å². The van der Waals surface area contributed by atoms with Crippen molar-refractivity contribution in [2.24, 2.45) is 0 Å². The van der Waals surface area contributed by atoms with Gasteiger partial charge in [0.1, 0.15) is 17.3 Å². The molecule has 0 aliphatic rings. The quantitative estimate of drug-likeness (QED) is 0.804. The third-order valence-electron chi connectivity index (χ3n) is 3.51. The van der Waals surface area contributed by atoms with Crippen LogP contribution in [0.1, 0.15) is 30.1 Å². The van der Waals surface area contributed by atoms with Crippen molar-refractivity contribution in [3.8, 4) is 0 Å². The molecule has 0 saturated heterocycles. The minimum Gasteiger partial charge on any atom is -0.447 e. The van der Waals surface area contributed by atoms with Crippen LogP contribution in [0, 0.1) is 5.82 Å². The van der Waals surface area contributed by atoms with E-state index in [1.165, 1.54) is 18.5 Å². The van der Waals surface area contributed by atoms with E-state index < -0.39 is 0 Å². The van der Waals surface area contributed by atoms with E-state index in [0.717, 1.165) is 5.39 Å². The van der Waals surface area contributed by atoms with Crippen LogP contribution in [0.3, 0.4) is 0 Å². The lowest BCUT2D eigenvalue weighted by molar-refractivity contribution is 0.0671. The van der Waals surface area contributed by atoms with Crippen LogP contribution in [0.2, 0.25) is 0 Å². The number of nitrogens with one attached hydrogen (secondary N) is 1. The molecule has 2 aromatic heterocycles. The number of rotatable bonds is 4. The maximum atomic E-state index is 13.3. The highest BCUT2D eigenvalue weighted by molar-refractivity contribution is 5.98. The smallest absolute Gasteiger partial charge is 0.270 e. The lowest BCUT2D eigenvalue weighted by Gasteiger charge is -2.25. The van der Waals surface area contributed by atoms with Gasteiger partial charge in [-0.3, -0.25) is 4.79 Å². The van der Waals surface area contributed by atoms with Crippen LogP contribution < -0.4 is 0 Å². The summed E-state index contributed by atoms with van der Waals surface area (Å²) >= 11 is 0. The van der Waals surface area contributed by atoms with Gasteiger partial charge in [0.05, 0.1) is 12.7 Å². The molecule has 1 N–H and O–H groups in total. The minimum atomic E-state index is -0.337. The number of fused-ring (bicyclic) bond motifs is 1. The van der Waals surface area contributed by atoms with Gasteiger partial charge in [-0.05, 0) is 38.1 Å². The van der Waals surface area contributed by atoms with Gasteiger partial charge in [-0.15, -0.1) is 0 Å². The summed E-state index contributed by atoms with van der Waals surface area (Å²) in [5, 5.41) is 0.799. The number of H-pyrrole nitrogens is 1. The third-order valence-corrected chi connectivity index (χ3v) is 3.51. The molecule has 0 unspecified atom stereocenters. The van der Waals surface area contributed by atoms with Crippen LogP contribution in [0.25, 0.3) is 10.9 Å². The van der Waals surface area contributed by atoms with Crippen molar-refractivity contribution in [1.82, 2.24) is 14.9 Å². The first kappa shape index (κ1) is 14.3. The summed E-state index contributed by atoms with van der Waals surface area (Å²) in [6, 6.07) is 6.11. The van der Waals surface area contributed by atoms with Gasteiger partial charge in [0.2, 0.25) is 0 Å². The van der Waals surface area contributed by atoms with Crippen LogP contribution in [0.15, 0.2) is 41.3 Å². The van der Waals surface area contributed by atoms with Gasteiger partial charge >= 0.3 is 0 Å². The number of carbonyl (C=O) groups excluding carboxylic acids is 1. The molecular formula is C16H16FN3O2. The highest BCUT2D eigenvalue weighted by Gasteiger charge is 2.22. The number of nitrogens with zero attached hydrogens (tertiary/aromatic N) is 2. The fraction of sp³-hybridized carbons (Fsp3) is 0.250. The molecule has 6 heteroatoms. The topological polar surface area (TPSA) is 62.1 Å². The summed E-state index contributed by atoms with van der Waals surface area (Å²) in [4.78, 5) is 21.2. The number of oxazole rings is 1. The molecule has 1 aromatic carbocycles. The summed E-state index contributed by atoms with van der Waals surface area (Å²) in [5.41, 5.74) is 1.03. The van der Waals surface area contributed by atoms with Crippen molar-refractivity contribution < 1.29 is 13.6 Å². The molecule has 3 rings (SSSR count). The SMILES string of the molecule is CC(C)N(Cc1cnco1)C(=O)c1cc2ccc(F)cc2[nH]1. The highest BCUT2D eigenvalue weighted by Crippen LogP contribution is 2.19. The number of aromatic nitrogens is 2. The predicted molar refractivity (Wildman–Crippen MR) is 79.8 cm³/mol. The molecule has 0 fully saturated rings. The number of halogens is 1. The fourth-order valence-corrected chi connectivity index (χ4v) is 2.35. The van der Waals surface area contributed by atoms with Crippen LogP contribution in [-0.4, -0.2) is 26.8 Å². The third kappa shape index (κ3) is 2.72. The fourth-order valence-electron chi connectivity index (χ4n) is 2.35. The second kappa shape index (κ2) is 5.63. The second-order valence-electron chi connectivity index (χ2n) is 5.41. The number of benzene rings is 1. The van der Waals surface area contributed by atoms with Crippen molar-refractivity contribution in [3.05, 3.63) is 54.1 Å². The Balaban J connectivity index is 1.91. The van der Waals surface area contributed by atoms with Crippen LogP contribution in [-0.2, 0) is 6.54 Å². The lowest BCUT2D eigenvalue weighted by atomic mass is 10.2. The Morgan fingerprint density at radius 3 is 2.91 bits per heavy atom. The molecule has 0 atom stereocenters. The Morgan fingerprint density at radius 2 is 2.23 bits per heavy atom. The molecule has 0 radical (unpaired) electrons. The van der Waals surface area contributed by atoms with Crippen molar-refractivity contribution in [2.75, 3.05) is 0 Å². The van der Waals surface area contributed by atoms with E-state index in [1.54, 1.807) is 23.2 Å². The molecule has 0 spiro atoms. The Labute approximate surface area is 126 Å². The second-order valence-corrected chi connectivity index (χ2v) is 5.41. The zero-order valence-corrected chi connectivity index (χ0v) is 12.3. The standard InChI is InChI=1S/C16H16FN3O2/c1-10(2)20(8-13-7-18-9-22-13)16(21)15-5-11-3-4-12(17)6-14(11)19-15/h3-7,9-10,19H,8H2,1-2H3. The molecule has 0 bridgehead atoms. The molecule has 114 valence electrons. The number of hydrogen-bond donors (Lipinski definition) is 1. The Hall–Kier alpha value is -2.63. The zero-order valence-electron chi connectivity index (χ0n) is 12.3. The van der Waals surface area contributed by atoms with E-state index >= 15 is 0 Å². The normalized spacial score (nSPS) is 11.3. The van der Waals surface area contributed by atoms with E-state index in [4.69, 9.17) is 4.42 Å². The Bertz CT molecular complexity index is 793. The van der Waals surface area contributed by atoms with E-state index in [2.05, 4.69) is 9.97 Å². The first-order valence-corrected chi connectivity index (χ1v) is 7.01. The summed E-state index contributed by atoms with van der Waals surface area (Å²) in [6.45, 7) is 4.19. The minimum absolute atomic E-state index is 0.0132. The summed E-state index contributed by atoms with van der Waals surface area (Å²) < 4.78 is 18.5. The average Bonchev–Trinajstić information content (AvgIpc) is 3.12. The van der Waals surface area contributed by atoms with Gasteiger partial charge in [0, 0.05) is 16.9 Å². The average molecular weight is 301 g/mol. The van der Waals surface area contributed by atoms with Gasteiger partial charge in [0.15, 0.2) is 6.39 Å². The lowest BCUT2D eigenvalue weighted by Crippen LogP contribution is -2.36. The van der Waals surface area contributed by atoms with Crippen LogP contribution in [0.4, 0.5) is 4.39 Å². The van der Waals surface area contributed by atoms with Crippen molar-refractivity contribution in [3.63, 3.8) is 0 Å². The van der Waals surface area contributed by atoms with Crippen molar-refractivity contribution >= 4 is 16.8 Å². The number of aromatic amines is 1. The van der Waals surface area contributed by atoms with Crippen molar-refractivity contribution in [2.45, 2.75) is 26.4 Å². The van der Waals surface area contributed by atoms with Crippen molar-refractivity contribution in [1.29, 1.82) is 0 Å². The predicted octanol–water partition coefficient (Wildman–Crippen LogP) is 3.35. The molecule has 0 saturated carbocycles. The van der Waals surface area contributed by atoms with Crippen LogP contribution >= 0.6 is 0 Å². The van der Waals surface area contributed by atoms with Gasteiger partial charge in [-0.25, -0.2) is 9.37 Å². The first-order valence-electron chi connectivity index (χ1n) is 7.01. The molecule has 3 aromatic rings. The number of amides is 1. The van der Waals surface area contributed by atoms with E-state index in [0.29, 0.717) is 23.5 Å². The monoisotopic (exact) mass is 301 g/mol. The summed E-state index contributed by atoms with van der Waals surface area (Å²) in [6.07, 6.45) is 2.92. The zero-order chi connectivity index (χ0) is 15.7. The number of hydrogen-bond acceptors (Lipinski definition) is 3. The van der Waals surface area contributed by atoms with E-state index in [1.807, 2.05) is 13.8 Å². The van der Waals surface area contributed by atoms with Gasteiger partial charge in [0.25, 0.3) is 5.91 Å². The van der Waals surface area contributed by atoms with E-state index in [9.17, 15) is 9.18 Å². The molecule has 0 aliphatic carbocycles. The molecule has 0 aliphatic heterocycles. The molecular weight excluding hydrogens is 285 g/mol. The summed E-state index contributed by atoms with van der Waals surface area (Å²) in [7, 11) is 0. The first-order chi connectivity index (χ1) is 10.5. The summed E-state index contributed by atoms with van der Waals surface area (Å²) in [5.74, 6) is 0.114. The number of carbonyl (C=O) groups is 1. The largest absolute Gasteiger partial charge is 0.447 e. The molecule has 22 heavy (non-hydrogen) atoms. The van der Waals surface area contributed by atoms with E-state index in [-0.39, 0.29) is 17.8 Å². The molecule has 5 nitrogen and oxygen atoms in total. The van der Waals surface area contributed by atoms with Gasteiger partial charge in [-0.1, -0.05) is 0 Å². The maximum absolute atomic E-state index is 13.3. The Kier molecular flexibility index (Phi) is 3.66. The molecule has 2 heterocycles. The molecule has 1 amide bonds.